The van der Waals surface area contributed by atoms with E-state index in [0.717, 1.165) is 0 Å². The number of amides is 2. The summed E-state index contributed by atoms with van der Waals surface area (Å²) in [6.45, 7) is 0.851. The molecule has 0 aliphatic carbocycles. The van der Waals surface area contributed by atoms with Gasteiger partial charge in [-0.3, -0.25) is 4.79 Å². The van der Waals surface area contributed by atoms with Gasteiger partial charge in [-0.2, -0.15) is 0 Å². The normalized spacial score (nSPS) is 9.83. The molecule has 6 heteroatoms. The Hall–Kier alpha value is -2.08. The van der Waals surface area contributed by atoms with Crippen molar-refractivity contribution in [3.8, 4) is 0 Å². The molecule has 6 nitrogen and oxygen atoms in total. The molecule has 3 N–H and O–H groups in total. The SMILES string of the molecule is COCCNC(=O)Nc1cccc(CC(=O)O)c1. The standard InChI is InChI=1S/C12H16N2O4/c1-18-6-5-13-12(17)14-10-4-2-3-9(7-10)8-11(15)16/h2-4,7H,5-6,8H2,1H3,(H,15,16)(H2,13,14,17). The fourth-order valence-corrected chi connectivity index (χ4v) is 1.38. The number of urea groups is 1. The lowest BCUT2D eigenvalue weighted by molar-refractivity contribution is -0.136. The summed E-state index contributed by atoms with van der Waals surface area (Å²) < 4.78 is 4.80. The number of nitrogens with one attached hydrogen (secondary N) is 2. The minimum atomic E-state index is -0.906. The fraction of sp³-hybridized carbons (Fsp3) is 0.333. The van der Waals surface area contributed by atoms with Crippen molar-refractivity contribution >= 4 is 17.7 Å². The van der Waals surface area contributed by atoms with Gasteiger partial charge in [0.05, 0.1) is 13.0 Å². The first-order valence-corrected chi connectivity index (χ1v) is 5.46. The summed E-state index contributed by atoms with van der Waals surface area (Å²) in [4.78, 5) is 22.0. The second kappa shape index (κ2) is 7.29. The second-order valence-corrected chi connectivity index (χ2v) is 3.64. The van der Waals surface area contributed by atoms with Gasteiger partial charge in [0.2, 0.25) is 0 Å². The molecule has 18 heavy (non-hydrogen) atoms. The molecule has 0 aliphatic heterocycles. The van der Waals surface area contributed by atoms with Crippen LogP contribution >= 0.6 is 0 Å². The van der Waals surface area contributed by atoms with Crippen molar-refractivity contribution in [1.29, 1.82) is 0 Å². The minimum absolute atomic E-state index is 0.0686. The van der Waals surface area contributed by atoms with Crippen molar-refractivity contribution in [2.24, 2.45) is 0 Å². The van der Waals surface area contributed by atoms with E-state index in [1.54, 1.807) is 31.4 Å². The van der Waals surface area contributed by atoms with Crippen LogP contribution in [0.1, 0.15) is 5.56 Å². The lowest BCUT2D eigenvalue weighted by Crippen LogP contribution is -2.31. The monoisotopic (exact) mass is 252 g/mol. The Kier molecular flexibility index (Phi) is 5.66. The third-order valence-electron chi connectivity index (χ3n) is 2.13. The van der Waals surface area contributed by atoms with Crippen molar-refractivity contribution in [3.05, 3.63) is 29.8 Å². The van der Waals surface area contributed by atoms with Crippen LogP contribution in [0.15, 0.2) is 24.3 Å². The van der Waals surface area contributed by atoms with Crippen molar-refractivity contribution in [1.82, 2.24) is 5.32 Å². The van der Waals surface area contributed by atoms with Crippen LogP contribution in [0.3, 0.4) is 0 Å². The minimum Gasteiger partial charge on any atom is -0.481 e. The van der Waals surface area contributed by atoms with Gasteiger partial charge in [0, 0.05) is 19.3 Å². The molecular formula is C12H16N2O4. The number of hydrogen-bond acceptors (Lipinski definition) is 3. The number of methoxy groups -OCH3 is 1. The number of carbonyl (C=O) groups excluding carboxylic acids is 1. The topological polar surface area (TPSA) is 87.7 Å². The summed E-state index contributed by atoms with van der Waals surface area (Å²) in [6.07, 6.45) is -0.0686. The number of aliphatic carboxylic acids is 1. The average Bonchev–Trinajstić information content (AvgIpc) is 2.28. The molecule has 0 radical (unpaired) electrons. The largest absolute Gasteiger partial charge is 0.481 e. The van der Waals surface area contributed by atoms with Crippen LogP contribution in [-0.4, -0.2) is 37.4 Å². The van der Waals surface area contributed by atoms with Gasteiger partial charge in [0.25, 0.3) is 0 Å². The predicted octanol–water partition coefficient (Wildman–Crippen LogP) is 1.08. The van der Waals surface area contributed by atoms with E-state index >= 15 is 0 Å². The maximum Gasteiger partial charge on any atom is 0.319 e. The van der Waals surface area contributed by atoms with Crippen molar-refractivity contribution in [2.45, 2.75) is 6.42 Å². The molecule has 0 fully saturated rings. The van der Waals surface area contributed by atoms with E-state index in [1.807, 2.05) is 0 Å². The molecular weight excluding hydrogens is 236 g/mol. The number of carboxylic acids is 1. The van der Waals surface area contributed by atoms with E-state index in [-0.39, 0.29) is 12.5 Å². The predicted molar refractivity (Wildman–Crippen MR) is 66.7 cm³/mol. The van der Waals surface area contributed by atoms with Crippen LogP contribution in [0.2, 0.25) is 0 Å². The summed E-state index contributed by atoms with van der Waals surface area (Å²) in [5.41, 5.74) is 1.20. The van der Waals surface area contributed by atoms with Crippen LogP contribution in [0.5, 0.6) is 0 Å². The molecule has 0 heterocycles. The Morgan fingerprint density at radius 3 is 2.83 bits per heavy atom. The Morgan fingerprint density at radius 1 is 1.39 bits per heavy atom. The molecule has 1 rings (SSSR count). The highest BCUT2D eigenvalue weighted by Crippen LogP contribution is 2.11. The first-order valence-electron chi connectivity index (χ1n) is 5.46. The molecule has 0 bridgehead atoms. The maximum absolute atomic E-state index is 11.4. The van der Waals surface area contributed by atoms with E-state index in [9.17, 15) is 9.59 Å². The Labute approximate surface area is 105 Å². The van der Waals surface area contributed by atoms with Crippen molar-refractivity contribution in [2.75, 3.05) is 25.6 Å². The lowest BCUT2D eigenvalue weighted by Gasteiger charge is -2.08. The maximum atomic E-state index is 11.4. The first kappa shape index (κ1) is 14.0. The number of carbonyl (C=O) groups is 2. The van der Waals surface area contributed by atoms with Gasteiger partial charge >= 0.3 is 12.0 Å². The quantitative estimate of drug-likeness (QED) is 0.661. The molecule has 98 valence electrons. The lowest BCUT2D eigenvalue weighted by atomic mass is 10.1. The summed E-state index contributed by atoms with van der Waals surface area (Å²) in [7, 11) is 1.55. The van der Waals surface area contributed by atoms with Gasteiger partial charge in [0.1, 0.15) is 0 Å². The molecule has 1 aromatic carbocycles. The number of carboxylic acid groups (broad SMARTS) is 1. The highest BCUT2D eigenvalue weighted by molar-refractivity contribution is 5.89. The van der Waals surface area contributed by atoms with Crippen molar-refractivity contribution in [3.63, 3.8) is 0 Å². The van der Waals surface area contributed by atoms with Crippen molar-refractivity contribution < 1.29 is 19.4 Å². The van der Waals surface area contributed by atoms with E-state index in [1.165, 1.54) is 0 Å². The second-order valence-electron chi connectivity index (χ2n) is 3.64. The third-order valence-corrected chi connectivity index (χ3v) is 2.13. The summed E-state index contributed by atoms with van der Waals surface area (Å²) in [5.74, 6) is -0.906. The molecule has 0 saturated heterocycles. The van der Waals surface area contributed by atoms with E-state index < -0.39 is 5.97 Å². The highest BCUT2D eigenvalue weighted by Gasteiger charge is 2.04. The van der Waals surface area contributed by atoms with Gasteiger partial charge < -0.3 is 20.5 Å². The van der Waals surface area contributed by atoms with Crippen LogP contribution in [-0.2, 0) is 16.0 Å². The number of hydrogen-bond donors (Lipinski definition) is 3. The van der Waals surface area contributed by atoms with Crippen LogP contribution in [0.4, 0.5) is 10.5 Å². The van der Waals surface area contributed by atoms with Gasteiger partial charge in [0.15, 0.2) is 0 Å². The zero-order valence-corrected chi connectivity index (χ0v) is 10.1. The zero-order valence-electron chi connectivity index (χ0n) is 10.1. The molecule has 2 amide bonds. The molecule has 1 aromatic rings. The number of ether oxygens (including phenoxy) is 1. The average molecular weight is 252 g/mol. The third kappa shape index (κ3) is 5.31. The molecule has 0 unspecified atom stereocenters. The number of rotatable bonds is 6. The number of benzene rings is 1. The molecule has 0 saturated carbocycles. The highest BCUT2D eigenvalue weighted by atomic mass is 16.5. The van der Waals surface area contributed by atoms with E-state index in [0.29, 0.717) is 24.4 Å². The zero-order chi connectivity index (χ0) is 13.4. The summed E-state index contributed by atoms with van der Waals surface area (Å²) in [6, 6.07) is 6.37. The summed E-state index contributed by atoms with van der Waals surface area (Å²) >= 11 is 0. The van der Waals surface area contributed by atoms with E-state index in [2.05, 4.69) is 10.6 Å². The molecule has 0 aromatic heterocycles. The Balaban J connectivity index is 2.51. The Bertz CT molecular complexity index is 420. The fourth-order valence-electron chi connectivity index (χ4n) is 1.38. The van der Waals surface area contributed by atoms with E-state index in [4.69, 9.17) is 9.84 Å². The van der Waals surface area contributed by atoms with Gasteiger partial charge in [-0.05, 0) is 17.7 Å². The number of anilines is 1. The van der Waals surface area contributed by atoms with Gasteiger partial charge in [-0.15, -0.1) is 0 Å². The molecule has 0 atom stereocenters. The molecule has 0 aliphatic rings. The van der Waals surface area contributed by atoms with Gasteiger partial charge in [-0.25, -0.2) is 4.79 Å². The molecule has 0 spiro atoms. The smallest absolute Gasteiger partial charge is 0.319 e. The first-order chi connectivity index (χ1) is 8.61. The van der Waals surface area contributed by atoms with Gasteiger partial charge in [-0.1, -0.05) is 12.1 Å². The van der Waals surface area contributed by atoms with Crippen LogP contribution < -0.4 is 10.6 Å². The van der Waals surface area contributed by atoms with Crippen LogP contribution in [0.25, 0.3) is 0 Å². The Morgan fingerprint density at radius 2 is 2.17 bits per heavy atom. The summed E-state index contributed by atoms with van der Waals surface area (Å²) in [5, 5.41) is 13.9. The van der Waals surface area contributed by atoms with Crippen LogP contribution in [0, 0.1) is 0 Å².